The molecule has 3 aliphatic heterocycles. The van der Waals surface area contributed by atoms with Gasteiger partial charge >= 0.3 is 5.97 Å². The van der Waals surface area contributed by atoms with Crippen molar-refractivity contribution in [2.75, 3.05) is 0 Å². The molecular formula is C34H35N3O2. The van der Waals surface area contributed by atoms with Crippen LogP contribution in [0.15, 0.2) is 97.3 Å². The first kappa shape index (κ1) is 26.4. The van der Waals surface area contributed by atoms with Crippen LogP contribution in [0.3, 0.4) is 0 Å². The fourth-order valence-electron chi connectivity index (χ4n) is 5.98. The highest BCUT2D eigenvalue weighted by Crippen LogP contribution is 2.42. The molecule has 0 saturated heterocycles. The molecule has 0 spiro atoms. The van der Waals surface area contributed by atoms with Crippen LogP contribution in [0.2, 0.25) is 0 Å². The van der Waals surface area contributed by atoms with E-state index in [0.29, 0.717) is 6.42 Å². The zero-order chi connectivity index (χ0) is 28.0. The van der Waals surface area contributed by atoms with E-state index in [2.05, 4.69) is 77.1 Å². The highest BCUT2D eigenvalue weighted by atomic mass is 16.4. The van der Waals surface area contributed by atoms with E-state index in [0.717, 1.165) is 91.6 Å². The van der Waals surface area contributed by atoms with Crippen LogP contribution in [0.4, 0.5) is 0 Å². The van der Waals surface area contributed by atoms with Gasteiger partial charge in [-0.2, -0.15) is 0 Å². The van der Waals surface area contributed by atoms with Crippen molar-refractivity contribution in [1.82, 2.24) is 4.98 Å². The third-order valence-electron chi connectivity index (χ3n) is 8.30. The molecule has 8 bridgehead atoms. The normalized spacial score (nSPS) is 18.6. The van der Waals surface area contributed by atoms with Gasteiger partial charge in [0.25, 0.3) is 0 Å². The van der Waals surface area contributed by atoms with E-state index in [1.807, 2.05) is 12.2 Å². The number of aliphatic carboxylic acids is 1. The van der Waals surface area contributed by atoms with Gasteiger partial charge in [0.1, 0.15) is 0 Å². The smallest absolute Gasteiger partial charge is 0.303 e. The first-order valence-electron chi connectivity index (χ1n) is 13.5. The Morgan fingerprint density at radius 3 is 2.31 bits per heavy atom. The van der Waals surface area contributed by atoms with Crippen LogP contribution in [0.25, 0.3) is 18.2 Å². The zero-order valence-electron chi connectivity index (χ0n) is 23.5. The number of nitrogens with zero attached hydrogens (tertiary/aromatic N) is 2. The van der Waals surface area contributed by atoms with Gasteiger partial charge in [-0.25, -0.2) is 9.98 Å². The van der Waals surface area contributed by atoms with Crippen molar-refractivity contribution in [1.29, 1.82) is 0 Å². The number of carboxylic acids is 1. The molecule has 1 aliphatic carbocycles. The Kier molecular flexibility index (Phi) is 6.85. The number of carbonyl (C=O) groups is 1. The molecule has 0 radical (unpaired) electrons. The third-order valence-corrected chi connectivity index (χ3v) is 8.30. The Balaban J connectivity index is 1.80. The van der Waals surface area contributed by atoms with Crippen molar-refractivity contribution < 1.29 is 9.90 Å². The molecule has 39 heavy (non-hydrogen) atoms. The van der Waals surface area contributed by atoms with Gasteiger partial charge in [0.15, 0.2) is 0 Å². The number of fused-ring (bicyclic) bond motifs is 6. The molecule has 5 heteroatoms. The second-order valence-corrected chi connectivity index (χ2v) is 10.5. The van der Waals surface area contributed by atoms with Gasteiger partial charge in [-0.05, 0) is 116 Å². The lowest BCUT2D eigenvalue weighted by Crippen LogP contribution is -2.00. The number of H-pyrrole nitrogens is 1. The van der Waals surface area contributed by atoms with Crippen LogP contribution >= 0.6 is 0 Å². The number of aliphatic imine (C=N–C) groups is 2. The molecule has 0 amide bonds. The minimum absolute atomic E-state index is 0.0960. The first-order valence-corrected chi connectivity index (χ1v) is 13.5. The van der Waals surface area contributed by atoms with Gasteiger partial charge in [0, 0.05) is 28.9 Å². The van der Waals surface area contributed by atoms with Crippen molar-refractivity contribution >= 4 is 35.6 Å². The van der Waals surface area contributed by atoms with E-state index >= 15 is 0 Å². The van der Waals surface area contributed by atoms with Gasteiger partial charge < -0.3 is 10.1 Å². The summed E-state index contributed by atoms with van der Waals surface area (Å²) >= 11 is 0. The maximum Gasteiger partial charge on any atom is 0.303 e. The summed E-state index contributed by atoms with van der Waals surface area (Å²) in [7, 11) is 0. The standard InChI is InChI=1S/C34H35N3O2/c1-8-24-20(6)30-17-33-26(10-3)21(7)29(37-33)16-28-19(5)25(9-2)32(35-28)15-23-13-22(14-31(24)36-30)18(4)27(23)11-12-34(38)39/h8,10,14-17,36H,1,3,9,11-13H2,2,4-7H3,(H,38,39). The third kappa shape index (κ3) is 4.52. The highest BCUT2D eigenvalue weighted by Gasteiger charge is 2.27. The Morgan fingerprint density at radius 1 is 0.897 bits per heavy atom. The van der Waals surface area contributed by atoms with Crippen molar-refractivity contribution in [3.63, 3.8) is 0 Å². The van der Waals surface area contributed by atoms with Gasteiger partial charge in [0.2, 0.25) is 0 Å². The first-order chi connectivity index (χ1) is 18.7. The van der Waals surface area contributed by atoms with E-state index in [9.17, 15) is 9.90 Å². The summed E-state index contributed by atoms with van der Waals surface area (Å²) < 4.78 is 0. The predicted octanol–water partition coefficient (Wildman–Crippen LogP) is 8.24. The molecule has 0 saturated carbocycles. The fraction of sp³-hybridized carbons (Fsp3) is 0.265. The number of hydrogen-bond donors (Lipinski definition) is 2. The summed E-state index contributed by atoms with van der Waals surface area (Å²) in [5.74, 6) is -0.788. The molecule has 0 aromatic carbocycles. The second-order valence-electron chi connectivity index (χ2n) is 10.5. The fourth-order valence-corrected chi connectivity index (χ4v) is 5.98. The maximum absolute atomic E-state index is 11.5. The van der Waals surface area contributed by atoms with Crippen molar-refractivity contribution in [2.24, 2.45) is 9.98 Å². The topological polar surface area (TPSA) is 77.8 Å². The molecule has 1 aromatic heterocycles. The van der Waals surface area contributed by atoms with Crippen LogP contribution in [0, 0.1) is 6.92 Å². The average molecular weight is 518 g/mol. The van der Waals surface area contributed by atoms with E-state index in [1.54, 1.807) is 0 Å². The average Bonchev–Trinajstić information content (AvgIpc) is 3.55. The van der Waals surface area contributed by atoms with Gasteiger partial charge in [-0.3, -0.25) is 4.79 Å². The van der Waals surface area contributed by atoms with Crippen LogP contribution in [0.1, 0.15) is 75.9 Å². The van der Waals surface area contributed by atoms with E-state index < -0.39 is 5.97 Å². The van der Waals surface area contributed by atoms with Gasteiger partial charge in [-0.15, -0.1) is 0 Å². The Bertz CT molecular complexity index is 1630. The van der Waals surface area contributed by atoms with Crippen molar-refractivity contribution in [3.8, 4) is 0 Å². The molecule has 0 fully saturated rings. The molecule has 198 valence electrons. The molecule has 5 rings (SSSR count). The lowest BCUT2D eigenvalue weighted by molar-refractivity contribution is -0.136. The summed E-state index contributed by atoms with van der Waals surface area (Å²) in [6, 6.07) is 0. The predicted molar refractivity (Wildman–Crippen MR) is 163 cm³/mol. The molecule has 4 aliphatic rings. The lowest BCUT2D eigenvalue weighted by Gasteiger charge is -2.07. The molecule has 4 heterocycles. The molecular weight excluding hydrogens is 482 g/mol. The Morgan fingerprint density at radius 2 is 1.64 bits per heavy atom. The van der Waals surface area contributed by atoms with E-state index in [1.165, 1.54) is 11.1 Å². The SMILES string of the molecule is C=CC1=C(C)C2=NC1=Cc1[nH]c(c(C=C)c1C)C=C1CC(=CC3=NC(=C2)C(C)=C3CC)C(CCC(=O)O)=C1C. The number of aromatic amines is 1. The number of rotatable bonds is 6. The van der Waals surface area contributed by atoms with E-state index in [4.69, 9.17) is 9.98 Å². The second kappa shape index (κ2) is 10.1. The highest BCUT2D eigenvalue weighted by molar-refractivity contribution is 6.16. The van der Waals surface area contributed by atoms with Crippen LogP contribution < -0.4 is 0 Å². The summed E-state index contributed by atoms with van der Waals surface area (Å²) in [5, 5.41) is 9.45. The number of nitrogens with one attached hydrogen (secondary N) is 1. The molecule has 5 nitrogen and oxygen atoms in total. The number of carboxylic acid groups (broad SMARTS) is 1. The summed E-state index contributed by atoms with van der Waals surface area (Å²) in [5.41, 5.74) is 16.8. The van der Waals surface area contributed by atoms with Crippen molar-refractivity contribution in [2.45, 2.75) is 60.3 Å². The number of aromatic nitrogens is 1. The summed E-state index contributed by atoms with van der Waals surface area (Å²) in [4.78, 5) is 25.2. The number of hydrogen-bond acceptors (Lipinski definition) is 3. The van der Waals surface area contributed by atoms with Crippen LogP contribution in [-0.2, 0) is 4.79 Å². The zero-order valence-corrected chi connectivity index (χ0v) is 23.5. The van der Waals surface area contributed by atoms with Crippen molar-refractivity contribution in [3.05, 3.63) is 110 Å². The minimum atomic E-state index is -0.788. The minimum Gasteiger partial charge on any atom is -0.481 e. The molecule has 0 unspecified atom stereocenters. The Hall–Kier alpha value is -4.25. The molecule has 0 atom stereocenters. The van der Waals surface area contributed by atoms with Crippen LogP contribution in [0.5, 0.6) is 0 Å². The molecule has 1 aromatic rings. The van der Waals surface area contributed by atoms with Gasteiger partial charge in [0.05, 0.1) is 22.8 Å². The lowest BCUT2D eigenvalue weighted by atomic mass is 9.97. The van der Waals surface area contributed by atoms with Gasteiger partial charge in [-0.1, -0.05) is 32.2 Å². The maximum atomic E-state index is 11.5. The largest absolute Gasteiger partial charge is 0.481 e. The quantitative estimate of drug-likeness (QED) is 0.399. The number of allylic oxidation sites excluding steroid dienone is 10. The summed E-state index contributed by atoms with van der Waals surface area (Å²) in [6.07, 6.45) is 14.5. The van der Waals surface area contributed by atoms with Crippen LogP contribution in [-0.4, -0.2) is 27.5 Å². The molecule has 2 N–H and O–H groups in total. The monoisotopic (exact) mass is 517 g/mol. The van der Waals surface area contributed by atoms with E-state index in [-0.39, 0.29) is 6.42 Å². The Labute approximate surface area is 230 Å². The summed E-state index contributed by atoms with van der Waals surface area (Å²) in [6.45, 7) is 18.7.